The van der Waals surface area contributed by atoms with Gasteiger partial charge in [-0.05, 0) is 33.1 Å². The fourth-order valence-corrected chi connectivity index (χ4v) is 3.08. The molecular weight excluding hydrogens is 342 g/mol. The van der Waals surface area contributed by atoms with Gasteiger partial charge in [-0.3, -0.25) is 4.57 Å². The van der Waals surface area contributed by atoms with Gasteiger partial charge in [0.05, 0.1) is 19.0 Å². The van der Waals surface area contributed by atoms with Gasteiger partial charge in [0, 0.05) is 6.54 Å². The van der Waals surface area contributed by atoms with E-state index in [2.05, 4.69) is 32.4 Å². The van der Waals surface area contributed by atoms with Crippen molar-refractivity contribution in [2.45, 2.75) is 59.3 Å². The Labute approximate surface area is 161 Å². The molecule has 27 heavy (non-hydrogen) atoms. The van der Waals surface area contributed by atoms with Gasteiger partial charge in [-0.25, -0.2) is 15.0 Å². The van der Waals surface area contributed by atoms with E-state index >= 15 is 0 Å². The van der Waals surface area contributed by atoms with Crippen molar-refractivity contribution >= 4 is 17.0 Å². The number of hydrogen-bond acceptors (Lipinski definition) is 6. The number of nitrogens with one attached hydrogen (secondary N) is 1. The summed E-state index contributed by atoms with van der Waals surface area (Å²) in [5.41, 5.74) is 2.77. The van der Waals surface area contributed by atoms with Crippen molar-refractivity contribution in [2.75, 3.05) is 18.5 Å². The Morgan fingerprint density at radius 2 is 2.11 bits per heavy atom. The molecule has 1 fully saturated rings. The lowest BCUT2D eigenvalue weighted by Gasteiger charge is -2.14. The van der Waals surface area contributed by atoms with Crippen molar-refractivity contribution in [3.05, 3.63) is 36.5 Å². The number of imidazole rings is 1. The maximum atomic E-state index is 9.24. The third-order valence-corrected chi connectivity index (χ3v) is 4.42. The van der Waals surface area contributed by atoms with E-state index in [4.69, 9.17) is 4.74 Å². The number of hydrogen-bond donors (Lipinski definition) is 2. The van der Waals surface area contributed by atoms with Gasteiger partial charge in [-0.15, -0.1) is 0 Å². The highest BCUT2D eigenvalue weighted by Crippen LogP contribution is 2.31. The fraction of sp³-hybridized carbons (Fsp3) is 0.550. The van der Waals surface area contributed by atoms with Crippen molar-refractivity contribution < 1.29 is 9.84 Å². The molecule has 2 atom stereocenters. The molecule has 7 heteroatoms. The monoisotopic (exact) mass is 373 g/mol. The van der Waals surface area contributed by atoms with E-state index in [1.165, 1.54) is 5.57 Å². The molecule has 0 aliphatic carbocycles. The fourth-order valence-electron chi connectivity index (χ4n) is 3.08. The molecule has 3 rings (SSSR count). The largest absolute Gasteiger partial charge is 0.394 e. The minimum absolute atomic E-state index is 0.0460. The molecule has 2 unspecified atom stereocenters. The minimum atomic E-state index is -0.130. The van der Waals surface area contributed by atoms with Crippen LogP contribution in [0.2, 0.25) is 0 Å². The van der Waals surface area contributed by atoms with E-state index in [1.54, 1.807) is 12.7 Å². The molecule has 0 radical (unpaired) electrons. The first-order valence-corrected chi connectivity index (χ1v) is 9.72. The minimum Gasteiger partial charge on any atom is -0.394 e. The Morgan fingerprint density at radius 3 is 2.78 bits per heavy atom. The Hall–Kier alpha value is -2.25. The first-order chi connectivity index (χ1) is 13.3. The van der Waals surface area contributed by atoms with Crippen LogP contribution in [-0.2, 0) is 4.74 Å². The van der Waals surface area contributed by atoms with Gasteiger partial charge in [-0.1, -0.05) is 37.6 Å². The van der Waals surface area contributed by atoms with Crippen molar-refractivity contribution in [2.24, 2.45) is 0 Å². The molecule has 0 bridgehead atoms. The number of aromatic nitrogens is 4. The molecule has 0 amide bonds. The van der Waals surface area contributed by atoms with Crippen LogP contribution in [0.5, 0.6) is 0 Å². The van der Waals surface area contributed by atoms with Crippen molar-refractivity contribution in [3.63, 3.8) is 0 Å². The van der Waals surface area contributed by atoms with E-state index in [0.29, 0.717) is 0 Å². The maximum Gasteiger partial charge on any atom is 0.167 e. The van der Waals surface area contributed by atoms with Crippen molar-refractivity contribution in [1.29, 1.82) is 0 Å². The zero-order valence-corrected chi connectivity index (χ0v) is 16.7. The number of fused-ring (bicyclic) bond motifs is 1. The summed E-state index contributed by atoms with van der Waals surface area (Å²) in [5.74, 6) is 0.733. The van der Waals surface area contributed by atoms with Gasteiger partial charge in [0.25, 0.3) is 0 Å². The standard InChI is InChI=1S/C18H25N5O2.C2H6/c1-3-5-13(4-2)8-9-19-17-16-18(21-11-20-17)23(12-22-16)15-7-6-14(10-24)25-15;1-2/h3-5,11-12,14-15,24H,6-10H2,1-2H3,(H,19,20,21);1-2H3/b5-3-,13-4+;. The van der Waals surface area contributed by atoms with Crippen LogP contribution in [0.15, 0.2) is 36.5 Å². The maximum absolute atomic E-state index is 9.24. The zero-order chi connectivity index (χ0) is 19.6. The van der Waals surface area contributed by atoms with E-state index in [-0.39, 0.29) is 18.9 Å². The van der Waals surface area contributed by atoms with E-state index in [0.717, 1.165) is 42.8 Å². The highest BCUT2D eigenvalue weighted by Gasteiger charge is 2.27. The molecule has 7 nitrogen and oxygen atoms in total. The van der Waals surface area contributed by atoms with Gasteiger partial charge in [0.1, 0.15) is 12.6 Å². The molecule has 1 aliphatic heterocycles. The number of aliphatic hydroxyl groups excluding tert-OH is 1. The molecule has 2 aromatic heterocycles. The van der Waals surface area contributed by atoms with Crippen LogP contribution in [0.25, 0.3) is 11.2 Å². The molecule has 2 aromatic rings. The number of rotatable bonds is 7. The quantitative estimate of drug-likeness (QED) is 0.717. The average Bonchev–Trinajstić information content (AvgIpc) is 3.35. The van der Waals surface area contributed by atoms with Gasteiger partial charge in [0.2, 0.25) is 0 Å². The van der Waals surface area contributed by atoms with Gasteiger partial charge in [0.15, 0.2) is 17.0 Å². The summed E-state index contributed by atoms with van der Waals surface area (Å²) in [6, 6.07) is 0. The second-order valence-electron chi connectivity index (χ2n) is 6.06. The Bertz CT molecular complexity index is 769. The van der Waals surface area contributed by atoms with Crippen LogP contribution in [0.4, 0.5) is 5.82 Å². The third kappa shape index (κ3) is 5.14. The summed E-state index contributed by atoms with van der Waals surface area (Å²) >= 11 is 0. The van der Waals surface area contributed by atoms with Crippen LogP contribution >= 0.6 is 0 Å². The average molecular weight is 374 g/mol. The molecule has 0 aromatic carbocycles. The lowest BCUT2D eigenvalue weighted by Crippen LogP contribution is -2.14. The smallest absolute Gasteiger partial charge is 0.167 e. The molecular formula is C20H31N5O2. The van der Waals surface area contributed by atoms with Gasteiger partial charge >= 0.3 is 0 Å². The molecule has 2 N–H and O–H groups in total. The number of allylic oxidation sites excluding steroid dienone is 3. The summed E-state index contributed by atoms with van der Waals surface area (Å²) in [6.07, 6.45) is 11.9. The predicted molar refractivity (Wildman–Crippen MR) is 109 cm³/mol. The molecule has 1 saturated heterocycles. The van der Waals surface area contributed by atoms with E-state index in [1.807, 2.05) is 38.3 Å². The summed E-state index contributed by atoms with van der Waals surface area (Å²) in [7, 11) is 0. The normalized spacial score (nSPS) is 20.1. The molecule has 0 spiro atoms. The Kier molecular flexibility index (Phi) is 8.42. The summed E-state index contributed by atoms with van der Waals surface area (Å²) in [4.78, 5) is 13.2. The van der Waals surface area contributed by atoms with E-state index < -0.39 is 0 Å². The highest BCUT2D eigenvalue weighted by molar-refractivity contribution is 5.82. The van der Waals surface area contributed by atoms with Crippen LogP contribution in [0, 0.1) is 0 Å². The lowest BCUT2D eigenvalue weighted by atomic mass is 10.1. The molecule has 3 heterocycles. The molecule has 1 aliphatic rings. The highest BCUT2D eigenvalue weighted by atomic mass is 16.5. The molecule has 148 valence electrons. The third-order valence-electron chi connectivity index (χ3n) is 4.42. The van der Waals surface area contributed by atoms with Gasteiger partial charge < -0.3 is 15.2 Å². The van der Waals surface area contributed by atoms with Crippen LogP contribution in [0.1, 0.15) is 53.2 Å². The Balaban J connectivity index is 0.00000126. The number of anilines is 1. The lowest BCUT2D eigenvalue weighted by molar-refractivity contribution is -0.0207. The zero-order valence-electron chi connectivity index (χ0n) is 16.7. The summed E-state index contributed by atoms with van der Waals surface area (Å²) in [6.45, 7) is 8.88. The predicted octanol–water partition coefficient (Wildman–Crippen LogP) is 3.85. The van der Waals surface area contributed by atoms with Crippen molar-refractivity contribution in [3.8, 4) is 0 Å². The molecule has 0 saturated carbocycles. The van der Waals surface area contributed by atoms with Crippen LogP contribution in [0.3, 0.4) is 0 Å². The second-order valence-corrected chi connectivity index (χ2v) is 6.06. The summed E-state index contributed by atoms with van der Waals surface area (Å²) in [5, 5.41) is 12.6. The Morgan fingerprint density at radius 1 is 1.30 bits per heavy atom. The van der Waals surface area contributed by atoms with Gasteiger partial charge in [-0.2, -0.15) is 0 Å². The summed E-state index contributed by atoms with van der Waals surface area (Å²) < 4.78 is 7.76. The first kappa shape index (κ1) is 21.1. The number of aliphatic hydroxyl groups is 1. The number of nitrogens with zero attached hydrogens (tertiary/aromatic N) is 4. The van der Waals surface area contributed by atoms with Crippen LogP contribution in [-0.4, -0.2) is 43.9 Å². The second kappa shape index (κ2) is 10.8. The SMILES string of the molecule is C/C=C\C(=C/C)CCNc1ncnc2c1ncn2C1CCC(CO)O1.CC. The van der Waals surface area contributed by atoms with E-state index in [9.17, 15) is 5.11 Å². The first-order valence-electron chi connectivity index (χ1n) is 9.72. The topological polar surface area (TPSA) is 85.1 Å². The number of ether oxygens (including phenoxy) is 1. The van der Waals surface area contributed by atoms with Crippen molar-refractivity contribution in [1.82, 2.24) is 19.5 Å². The van der Waals surface area contributed by atoms with Crippen LogP contribution < -0.4 is 5.32 Å².